The van der Waals surface area contributed by atoms with Crippen LogP contribution in [0.5, 0.6) is 0 Å². The second-order valence-electron chi connectivity index (χ2n) is 4.55. The van der Waals surface area contributed by atoms with Gasteiger partial charge in [0, 0.05) is 19.3 Å². The molecule has 2 aromatic heterocycles. The molecule has 0 spiro atoms. The molecule has 18 heavy (non-hydrogen) atoms. The summed E-state index contributed by atoms with van der Waals surface area (Å²) < 4.78 is 1.56. The zero-order chi connectivity index (χ0) is 13.4. The van der Waals surface area contributed by atoms with E-state index in [4.69, 9.17) is 0 Å². The topological polar surface area (TPSA) is 50.5 Å². The van der Waals surface area contributed by atoms with Crippen molar-refractivity contribution >= 4 is 11.6 Å². The molecule has 96 valence electrons. The van der Waals surface area contributed by atoms with Crippen molar-refractivity contribution in [2.45, 2.75) is 27.7 Å². The lowest BCUT2D eigenvalue weighted by atomic mass is 10.1. The van der Waals surface area contributed by atoms with Crippen molar-refractivity contribution in [3.8, 4) is 0 Å². The van der Waals surface area contributed by atoms with Crippen LogP contribution in [0.4, 0.5) is 5.95 Å². The van der Waals surface area contributed by atoms with Gasteiger partial charge in [-0.2, -0.15) is 9.97 Å². The lowest BCUT2D eigenvalue weighted by Crippen LogP contribution is -2.27. The summed E-state index contributed by atoms with van der Waals surface area (Å²) >= 11 is 0. The number of pyridine rings is 1. The number of hydrogen-bond donors (Lipinski definition) is 0. The van der Waals surface area contributed by atoms with E-state index < -0.39 is 0 Å². The molecule has 2 heterocycles. The van der Waals surface area contributed by atoms with Gasteiger partial charge in [-0.3, -0.25) is 0 Å². The highest BCUT2D eigenvalue weighted by Crippen LogP contribution is 2.14. The van der Waals surface area contributed by atoms with Crippen LogP contribution < -0.4 is 10.6 Å². The van der Waals surface area contributed by atoms with Crippen LogP contribution in [0.2, 0.25) is 0 Å². The first-order valence-corrected chi connectivity index (χ1v) is 6.04. The first-order chi connectivity index (χ1) is 8.45. The van der Waals surface area contributed by atoms with Gasteiger partial charge in [0.25, 0.3) is 0 Å². The minimum absolute atomic E-state index is 0.268. The fourth-order valence-electron chi connectivity index (χ4n) is 1.89. The Morgan fingerprint density at radius 1 is 1.28 bits per heavy atom. The molecule has 5 nitrogen and oxygen atoms in total. The first-order valence-electron chi connectivity index (χ1n) is 6.04. The standard InChI is InChI=1S/C13H18N4O/c1-6-16(5)12-14-11-7-8(2)9(3)10(4)17(11)13(18)15-12/h7H,6H2,1-5H3. The SMILES string of the molecule is CCN(C)c1nc(=O)n2c(C)c(C)c(C)cc2n1. The van der Waals surface area contributed by atoms with Crippen LogP contribution in [0, 0.1) is 20.8 Å². The van der Waals surface area contributed by atoms with E-state index in [2.05, 4.69) is 9.97 Å². The van der Waals surface area contributed by atoms with Gasteiger partial charge in [0.1, 0.15) is 5.65 Å². The Hall–Kier alpha value is -1.91. The Balaban J connectivity index is 2.83. The van der Waals surface area contributed by atoms with Gasteiger partial charge >= 0.3 is 5.69 Å². The molecular formula is C13H18N4O. The average Bonchev–Trinajstić information content (AvgIpc) is 2.34. The van der Waals surface area contributed by atoms with Gasteiger partial charge in [0.15, 0.2) is 0 Å². The lowest BCUT2D eigenvalue weighted by Gasteiger charge is -2.16. The van der Waals surface area contributed by atoms with Crippen molar-refractivity contribution in [3.63, 3.8) is 0 Å². The van der Waals surface area contributed by atoms with E-state index in [0.29, 0.717) is 11.6 Å². The zero-order valence-electron chi connectivity index (χ0n) is 11.5. The van der Waals surface area contributed by atoms with Gasteiger partial charge in [0.2, 0.25) is 5.95 Å². The van der Waals surface area contributed by atoms with Crippen LogP contribution in [0.25, 0.3) is 5.65 Å². The number of aryl methyl sites for hydroxylation is 2. The molecule has 2 rings (SSSR count). The minimum Gasteiger partial charge on any atom is -0.344 e. The summed E-state index contributed by atoms with van der Waals surface area (Å²) in [5.41, 5.74) is 3.53. The van der Waals surface area contributed by atoms with Gasteiger partial charge in [-0.15, -0.1) is 0 Å². The van der Waals surface area contributed by atoms with E-state index >= 15 is 0 Å². The summed E-state index contributed by atoms with van der Waals surface area (Å²) in [4.78, 5) is 22.4. The summed E-state index contributed by atoms with van der Waals surface area (Å²) in [6, 6.07) is 1.93. The lowest BCUT2D eigenvalue weighted by molar-refractivity contribution is 0.839. The maximum atomic E-state index is 12.1. The molecule has 0 aliphatic heterocycles. The predicted octanol–water partition coefficient (Wildman–Crippen LogP) is 1.47. The molecule has 0 radical (unpaired) electrons. The quantitative estimate of drug-likeness (QED) is 0.805. The molecular weight excluding hydrogens is 228 g/mol. The molecule has 0 saturated carbocycles. The van der Waals surface area contributed by atoms with Crippen LogP contribution in [-0.4, -0.2) is 28.0 Å². The first kappa shape index (κ1) is 12.5. The molecule has 0 bridgehead atoms. The molecule has 0 amide bonds. The van der Waals surface area contributed by atoms with E-state index in [0.717, 1.165) is 23.4 Å². The van der Waals surface area contributed by atoms with E-state index in [9.17, 15) is 4.79 Å². The molecule has 0 aromatic carbocycles. The number of hydrogen-bond acceptors (Lipinski definition) is 4. The summed E-state index contributed by atoms with van der Waals surface area (Å²) in [7, 11) is 1.87. The fraction of sp³-hybridized carbons (Fsp3) is 0.462. The van der Waals surface area contributed by atoms with Gasteiger partial charge in [-0.25, -0.2) is 9.20 Å². The Kier molecular flexibility index (Phi) is 3.07. The fourth-order valence-corrected chi connectivity index (χ4v) is 1.89. The summed E-state index contributed by atoms with van der Waals surface area (Å²) in [5.74, 6) is 0.477. The molecule has 2 aromatic rings. The average molecular weight is 246 g/mol. The number of aromatic nitrogens is 3. The van der Waals surface area contributed by atoms with Crippen LogP contribution in [0.1, 0.15) is 23.7 Å². The normalized spacial score (nSPS) is 10.9. The van der Waals surface area contributed by atoms with Crippen molar-refractivity contribution < 1.29 is 0 Å². The van der Waals surface area contributed by atoms with Gasteiger partial charge in [-0.05, 0) is 44.9 Å². The third-order valence-corrected chi connectivity index (χ3v) is 3.46. The minimum atomic E-state index is -0.268. The van der Waals surface area contributed by atoms with E-state index in [-0.39, 0.29) is 5.69 Å². The van der Waals surface area contributed by atoms with Crippen molar-refractivity contribution in [2.75, 3.05) is 18.5 Å². The Morgan fingerprint density at radius 2 is 1.94 bits per heavy atom. The highest BCUT2D eigenvalue weighted by molar-refractivity contribution is 5.49. The summed E-state index contributed by atoms with van der Waals surface area (Å²) in [6.07, 6.45) is 0. The van der Waals surface area contributed by atoms with Crippen LogP contribution in [0.3, 0.4) is 0 Å². The van der Waals surface area contributed by atoms with Gasteiger partial charge in [0.05, 0.1) is 0 Å². The molecule has 0 aliphatic carbocycles. The monoisotopic (exact) mass is 246 g/mol. The molecule has 0 atom stereocenters. The molecule has 0 fully saturated rings. The highest BCUT2D eigenvalue weighted by atomic mass is 16.1. The van der Waals surface area contributed by atoms with Crippen molar-refractivity contribution in [3.05, 3.63) is 33.4 Å². The largest absolute Gasteiger partial charge is 0.356 e. The van der Waals surface area contributed by atoms with Crippen molar-refractivity contribution in [1.29, 1.82) is 0 Å². The summed E-state index contributed by atoms with van der Waals surface area (Å²) in [6.45, 7) is 8.71. The molecule has 0 aliphatic rings. The van der Waals surface area contributed by atoms with Crippen LogP contribution in [0.15, 0.2) is 10.9 Å². The molecule has 5 heteroatoms. The van der Waals surface area contributed by atoms with Crippen molar-refractivity contribution in [1.82, 2.24) is 14.4 Å². The second kappa shape index (κ2) is 4.40. The van der Waals surface area contributed by atoms with E-state index in [1.807, 2.05) is 45.7 Å². The van der Waals surface area contributed by atoms with Gasteiger partial charge < -0.3 is 4.90 Å². The van der Waals surface area contributed by atoms with Gasteiger partial charge in [-0.1, -0.05) is 0 Å². The second-order valence-corrected chi connectivity index (χ2v) is 4.55. The molecule has 0 unspecified atom stereocenters. The summed E-state index contributed by atoms with van der Waals surface area (Å²) in [5, 5.41) is 0. The number of nitrogens with zero attached hydrogens (tertiary/aromatic N) is 4. The Bertz CT molecular complexity index is 660. The number of anilines is 1. The Labute approximate surface area is 106 Å². The highest BCUT2D eigenvalue weighted by Gasteiger charge is 2.11. The van der Waals surface area contributed by atoms with Crippen LogP contribution >= 0.6 is 0 Å². The Morgan fingerprint density at radius 3 is 2.56 bits per heavy atom. The molecule has 0 saturated heterocycles. The van der Waals surface area contributed by atoms with Crippen LogP contribution in [-0.2, 0) is 0 Å². The predicted molar refractivity (Wildman–Crippen MR) is 72.4 cm³/mol. The van der Waals surface area contributed by atoms with Crippen molar-refractivity contribution in [2.24, 2.45) is 0 Å². The maximum Gasteiger partial charge on any atom is 0.356 e. The zero-order valence-corrected chi connectivity index (χ0v) is 11.5. The molecule has 0 N–H and O–H groups in total. The smallest absolute Gasteiger partial charge is 0.344 e. The number of fused-ring (bicyclic) bond motifs is 1. The van der Waals surface area contributed by atoms with E-state index in [1.54, 1.807) is 4.40 Å². The van der Waals surface area contributed by atoms with E-state index in [1.165, 1.54) is 0 Å². The third-order valence-electron chi connectivity index (χ3n) is 3.46. The number of rotatable bonds is 2. The maximum absolute atomic E-state index is 12.1. The third kappa shape index (κ3) is 1.85.